The van der Waals surface area contributed by atoms with Gasteiger partial charge in [0, 0.05) is 31.1 Å². The molecule has 1 saturated heterocycles. The average molecular weight is 445 g/mol. The fourth-order valence-corrected chi connectivity index (χ4v) is 4.98. The predicted molar refractivity (Wildman–Crippen MR) is 114 cm³/mol. The molecular weight excluding hydrogens is 424 g/mol. The number of nitrogens with zero attached hydrogens (tertiary/aromatic N) is 3. The lowest BCUT2D eigenvalue weighted by molar-refractivity contribution is -0.119. The van der Waals surface area contributed by atoms with Crippen molar-refractivity contribution < 1.29 is 18.0 Å². The molecule has 30 heavy (non-hydrogen) atoms. The van der Waals surface area contributed by atoms with E-state index in [0.717, 1.165) is 4.31 Å². The first-order valence-electron chi connectivity index (χ1n) is 8.96. The Bertz CT molecular complexity index is 1110. The van der Waals surface area contributed by atoms with Gasteiger partial charge in [0.2, 0.25) is 15.9 Å². The number of hydrogen-bond donors (Lipinski definition) is 1. The minimum Gasteiger partial charge on any atom is -0.324 e. The molecule has 10 heteroatoms. The smallest absolute Gasteiger partial charge is 0.255 e. The summed E-state index contributed by atoms with van der Waals surface area (Å²) in [5.41, 5.74) is 1.22. The van der Waals surface area contributed by atoms with Gasteiger partial charge in [0.1, 0.15) is 6.04 Å². The van der Waals surface area contributed by atoms with Crippen LogP contribution in [0.25, 0.3) is 0 Å². The minimum atomic E-state index is -3.68. The van der Waals surface area contributed by atoms with Gasteiger partial charge in [0.15, 0.2) is 0 Å². The summed E-state index contributed by atoms with van der Waals surface area (Å²) >= 11 is 1.45. The van der Waals surface area contributed by atoms with Crippen LogP contribution in [-0.2, 0) is 14.8 Å². The molecule has 0 radical (unpaired) electrons. The van der Waals surface area contributed by atoms with E-state index in [4.69, 9.17) is 5.26 Å². The summed E-state index contributed by atoms with van der Waals surface area (Å²) in [6.45, 7) is 0. The van der Waals surface area contributed by atoms with Crippen molar-refractivity contribution in [1.29, 1.82) is 5.26 Å². The van der Waals surface area contributed by atoms with Gasteiger partial charge in [-0.2, -0.15) is 5.26 Å². The number of rotatable bonds is 5. The zero-order chi connectivity index (χ0) is 21.9. The van der Waals surface area contributed by atoms with Crippen molar-refractivity contribution in [2.24, 2.45) is 0 Å². The van der Waals surface area contributed by atoms with Crippen LogP contribution in [0.4, 0.5) is 5.69 Å². The Balaban J connectivity index is 1.79. The largest absolute Gasteiger partial charge is 0.324 e. The third-order valence-corrected chi connectivity index (χ3v) is 7.41. The van der Waals surface area contributed by atoms with E-state index in [2.05, 4.69) is 5.32 Å². The van der Waals surface area contributed by atoms with Gasteiger partial charge >= 0.3 is 0 Å². The van der Waals surface area contributed by atoms with E-state index >= 15 is 0 Å². The molecule has 156 valence electrons. The highest BCUT2D eigenvalue weighted by Crippen LogP contribution is 2.25. The van der Waals surface area contributed by atoms with E-state index in [0.29, 0.717) is 22.9 Å². The lowest BCUT2D eigenvalue weighted by atomic mass is 10.1. The molecule has 1 atom stereocenters. The Morgan fingerprint density at radius 2 is 1.90 bits per heavy atom. The minimum absolute atomic E-state index is 0.0174. The van der Waals surface area contributed by atoms with Gasteiger partial charge in [-0.3, -0.25) is 9.59 Å². The summed E-state index contributed by atoms with van der Waals surface area (Å²) in [5, 5.41) is 11.6. The third kappa shape index (κ3) is 4.48. The zero-order valence-corrected chi connectivity index (χ0v) is 18.0. The fourth-order valence-electron chi connectivity index (χ4n) is 2.88. The van der Waals surface area contributed by atoms with Crippen molar-refractivity contribution in [3.8, 4) is 6.07 Å². The van der Waals surface area contributed by atoms with Crippen molar-refractivity contribution in [3.63, 3.8) is 0 Å². The highest BCUT2D eigenvalue weighted by Gasteiger charge is 2.35. The maximum atomic E-state index is 13.0. The topological polar surface area (TPSA) is 111 Å². The highest BCUT2D eigenvalue weighted by molar-refractivity contribution is 7.99. The first kappa shape index (κ1) is 21.8. The molecular formula is C20H20N4O4S2. The maximum absolute atomic E-state index is 13.0. The third-order valence-electron chi connectivity index (χ3n) is 4.59. The molecule has 3 rings (SSSR count). The van der Waals surface area contributed by atoms with Crippen molar-refractivity contribution in [1.82, 2.24) is 9.21 Å². The number of thioether (sulfide) groups is 1. The second-order valence-corrected chi connectivity index (χ2v) is 9.94. The van der Waals surface area contributed by atoms with Gasteiger partial charge in [-0.1, -0.05) is 6.07 Å². The van der Waals surface area contributed by atoms with Gasteiger partial charge in [0.25, 0.3) is 5.91 Å². The molecule has 1 aliphatic rings. The normalized spacial score (nSPS) is 16.3. The zero-order valence-electron chi connectivity index (χ0n) is 16.4. The molecule has 1 aliphatic heterocycles. The SMILES string of the molecule is CN(C)S(=O)(=O)c1cccc(C(=O)N2CSCC2C(=O)Nc2ccc(C#N)cc2)c1. The Morgan fingerprint density at radius 1 is 1.20 bits per heavy atom. The summed E-state index contributed by atoms with van der Waals surface area (Å²) in [6, 6.07) is 13.6. The molecule has 8 nitrogen and oxygen atoms in total. The van der Waals surface area contributed by atoms with Crippen LogP contribution in [0.3, 0.4) is 0 Å². The number of nitriles is 1. The summed E-state index contributed by atoms with van der Waals surface area (Å²) in [4.78, 5) is 27.2. The van der Waals surface area contributed by atoms with E-state index in [1.54, 1.807) is 24.3 Å². The molecule has 0 bridgehead atoms. The van der Waals surface area contributed by atoms with Gasteiger partial charge in [-0.05, 0) is 42.5 Å². The van der Waals surface area contributed by atoms with Crippen LogP contribution >= 0.6 is 11.8 Å². The van der Waals surface area contributed by atoms with Crippen molar-refractivity contribution in [2.45, 2.75) is 10.9 Å². The second-order valence-electron chi connectivity index (χ2n) is 6.78. The molecule has 1 heterocycles. The summed E-state index contributed by atoms with van der Waals surface area (Å²) in [5.74, 6) is 0.0179. The molecule has 0 aromatic heterocycles. The number of sulfonamides is 1. The number of anilines is 1. The van der Waals surface area contributed by atoms with E-state index in [9.17, 15) is 18.0 Å². The number of carbonyl (C=O) groups excluding carboxylic acids is 2. The standard InChI is InChI=1S/C20H20N4O4S2/c1-23(2)30(27,28)17-5-3-4-15(10-17)20(26)24-13-29-12-18(24)19(25)22-16-8-6-14(11-21)7-9-16/h3-10,18H,12-13H2,1-2H3,(H,22,25). The van der Waals surface area contributed by atoms with Gasteiger partial charge in [0.05, 0.1) is 22.4 Å². The average Bonchev–Trinajstić information content (AvgIpc) is 3.23. The summed E-state index contributed by atoms with van der Waals surface area (Å²) in [6.07, 6.45) is 0. The summed E-state index contributed by atoms with van der Waals surface area (Å²) < 4.78 is 25.8. The lowest BCUT2D eigenvalue weighted by Gasteiger charge is -2.23. The molecule has 0 spiro atoms. The first-order valence-corrected chi connectivity index (χ1v) is 11.6. The van der Waals surface area contributed by atoms with E-state index in [-0.39, 0.29) is 16.4 Å². The molecule has 2 aromatic rings. The molecule has 2 amide bonds. The first-order chi connectivity index (χ1) is 14.2. The van der Waals surface area contributed by atoms with Gasteiger partial charge in [-0.25, -0.2) is 12.7 Å². The quantitative estimate of drug-likeness (QED) is 0.755. The van der Waals surface area contributed by atoms with Crippen LogP contribution in [0.15, 0.2) is 53.4 Å². The molecule has 1 unspecified atom stereocenters. The Hall–Kier alpha value is -2.87. The van der Waals surface area contributed by atoms with Crippen LogP contribution < -0.4 is 5.32 Å². The Labute approximate surface area is 179 Å². The van der Waals surface area contributed by atoms with Crippen LogP contribution in [-0.4, -0.2) is 61.2 Å². The number of hydrogen-bond acceptors (Lipinski definition) is 6. The molecule has 2 aromatic carbocycles. The van der Waals surface area contributed by atoms with Crippen LogP contribution in [0, 0.1) is 11.3 Å². The maximum Gasteiger partial charge on any atom is 0.255 e. The number of nitrogens with one attached hydrogen (secondary N) is 1. The molecule has 1 fully saturated rings. The Kier molecular flexibility index (Phi) is 6.45. The highest BCUT2D eigenvalue weighted by atomic mass is 32.2. The molecule has 0 aliphatic carbocycles. The number of carbonyl (C=O) groups is 2. The monoisotopic (exact) mass is 444 g/mol. The van der Waals surface area contributed by atoms with Crippen molar-refractivity contribution >= 4 is 39.3 Å². The van der Waals surface area contributed by atoms with Crippen LogP contribution in [0.5, 0.6) is 0 Å². The van der Waals surface area contributed by atoms with Crippen molar-refractivity contribution in [2.75, 3.05) is 31.0 Å². The molecule has 1 N–H and O–H groups in total. The summed E-state index contributed by atoms with van der Waals surface area (Å²) in [7, 11) is -0.835. The van der Waals surface area contributed by atoms with Gasteiger partial charge in [-0.15, -0.1) is 11.8 Å². The van der Waals surface area contributed by atoms with Crippen LogP contribution in [0.2, 0.25) is 0 Å². The van der Waals surface area contributed by atoms with E-state index < -0.39 is 22.0 Å². The van der Waals surface area contributed by atoms with Crippen LogP contribution in [0.1, 0.15) is 15.9 Å². The van der Waals surface area contributed by atoms with Gasteiger partial charge < -0.3 is 10.2 Å². The Morgan fingerprint density at radius 3 is 2.53 bits per heavy atom. The predicted octanol–water partition coefficient (Wildman–Crippen LogP) is 1.96. The fraction of sp³-hybridized carbons (Fsp3) is 0.250. The van der Waals surface area contributed by atoms with E-state index in [1.165, 1.54) is 55.0 Å². The molecule has 0 saturated carbocycles. The lowest BCUT2D eigenvalue weighted by Crippen LogP contribution is -2.44. The number of benzene rings is 2. The second kappa shape index (κ2) is 8.87. The van der Waals surface area contributed by atoms with Crippen molar-refractivity contribution in [3.05, 3.63) is 59.7 Å². The number of amides is 2. The van der Waals surface area contributed by atoms with E-state index in [1.807, 2.05) is 6.07 Å².